The molecule has 0 aromatic heterocycles. The van der Waals surface area contributed by atoms with E-state index in [4.69, 9.17) is 4.89 Å². The normalized spacial score (nSPS) is 11.3. The van der Waals surface area contributed by atoms with Crippen LogP contribution in [-0.4, -0.2) is 20.7 Å². The molecule has 0 saturated heterocycles. The second-order valence-electron chi connectivity index (χ2n) is 3.94. The Bertz CT molecular complexity index is 140. The van der Waals surface area contributed by atoms with Crippen molar-refractivity contribution in [3.8, 4) is 0 Å². The quantitative estimate of drug-likeness (QED) is 0.288. The smallest absolute Gasteiger partial charge is 0.298 e. The van der Waals surface area contributed by atoms with Crippen molar-refractivity contribution in [3.05, 3.63) is 0 Å². The van der Waals surface area contributed by atoms with Crippen molar-refractivity contribution in [2.24, 2.45) is 0 Å². The molecule has 0 amide bonds. The Balaban J connectivity index is 3.28. The lowest BCUT2D eigenvalue weighted by molar-refractivity contribution is -0.269. The molecule has 0 aliphatic rings. The number of hydrogen-bond acceptors (Lipinski definition) is 3. The summed E-state index contributed by atoms with van der Waals surface area (Å²) in [6, 6.07) is 1.02. The summed E-state index contributed by atoms with van der Waals surface area (Å²) in [6.45, 7) is 9.01. The van der Waals surface area contributed by atoms with Crippen LogP contribution in [0.2, 0.25) is 25.7 Å². The van der Waals surface area contributed by atoms with Crippen molar-refractivity contribution in [1.82, 2.24) is 0 Å². The Morgan fingerprint density at radius 3 is 2.33 bits per heavy atom. The lowest BCUT2D eigenvalue weighted by Crippen LogP contribution is -2.22. The van der Waals surface area contributed by atoms with Crippen LogP contribution in [0.25, 0.3) is 0 Å². The molecule has 0 rings (SSSR count). The molecule has 0 aromatic rings. The molecular weight excluding hydrogens is 172 g/mol. The van der Waals surface area contributed by atoms with E-state index in [1.807, 2.05) is 0 Å². The summed E-state index contributed by atoms with van der Waals surface area (Å²) >= 11 is 0. The van der Waals surface area contributed by atoms with Crippen molar-refractivity contribution in [1.29, 1.82) is 0 Å². The Labute approximate surface area is 75.0 Å². The lowest BCUT2D eigenvalue weighted by atomic mass is 10.5. The molecule has 0 heterocycles. The summed E-state index contributed by atoms with van der Waals surface area (Å²) in [6.07, 6.45) is 0.368. The van der Waals surface area contributed by atoms with Gasteiger partial charge in [0.15, 0.2) is 0 Å². The van der Waals surface area contributed by atoms with Crippen molar-refractivity contribution in [2.45, 2.75) is 39.0 Å². The van der Waals surface area contributed by atoms with Gasteiger partial charge in [-0.05, 0) is 6.04 Å². The molecule has 0 aliphatic heterocycles. The van der Waals surface area contributed by atoms with Gasteiger partial charge in [-0.15, -0.1) is 0 Å². The highest BCUT2D eigenvalue weighted by atomic mass is 28.3. The maximum atomic E-state index is 10.6. The molecule has 0 unspecified atom stereocenters. The molecule has 0 aromatic carbocycles. The summed E-state index contributed by atoms with van der Waals surface area (Å²) in [4.78, 5) is 19.8. The van der Waals surface area contributed by atoms with E-state index in [1.54, 1.807) is 6.92 Å². The van der Waals surface area contributed by atoms with Crippen molar-refractivity contribution < 1.29 is 14.6 Å². The maximum absolute atomic E-state index is 10.6. The third-order valence-corrected chi connectivity index (χ3v) is 3.08. The Hall–Kier alpha value is -0.353. The zero-order valence-electron chi connectivity index (χ0n) is 8.35. The standard InChI is InChI=1S/C8H18O3Si/c1-5-8(9)11-10-6-7-12(2,3)4/h5-7H2,1-4H3. The number of hydrogen-bond donors (Lipinski definition) is 0. The first-order valence-corrected chi connectivity index (χ1v) is 7.98. The number of carbonyl (C=O) groups excluding carboxylic acids is 1. The van der Waals surface area contributed by atoms with Gasteiger partial charge in [-0.25, -0.2) is 4.79 Å². The first kappa shape index (κ1) is 11.6. The molecule has 0 spiro atoms. The molecule has 0 aliphatic carbocycles. The fourth-order valence-corrected chi connectivity index (χ4v) is 1.21. The predicted molar refractivity (Wildman–Crippen MR) is 50.5 cm³/mol. The largest absolute Gasteiger partial charge is 0.342 e. The molecule has 12 heavy (non-hydrogen) atoms. The first-order chi connectivity index (χ1) is 5.45. The van der Waals surface area contributed by atoms with Crippen LogP contribution in [0.1, 0.15) is 13.3 Å². The van der Waals surface area contributed by atoms with Gasteiger partial charge in [-0.2, -0.15) is 4.89 Å². The van der Waals surface area contributed by atoms with Crippen LogP contribution >= 0.6 is 0 Å². The molecule has 3 nitrogen and oxygen atoms in total. The van der Waals surface area contributed by atoms with Crippen LogP contribution in [0.3, 0.4) is 0 Å². The summed E-state index contributed by atoms with van der Waals surface area (Å²) in [5.41, 5.74) is 0. The lowest BCUT2D eigenvalue weighted by Gasteiger charge is -2.14. The summed E-state index contributed by atoms with van der Waals surface area (Å²) in [5.74, 6) is -0.300. The average Bonchev–Trinajstić information content (AvgIpc) is 1.96. The molecular formula is C8H18O3Si. The van der Waals surface area contributed by atoms with E-state index in [0.29, 0.717) is 13.0 Å². The van der Waals surface area contributed by atoms with Gasteiger partial charge in [0.2, 0.25) is 0 Å². The van der Waals surface area contributed by atoms with E-state index in [9.17, 15) is 4.79 Å². The molecule has 0 N–H and O–H groups in total. The SMILES string of the molecule is CCC(=O)OOCC[Si](C)(C)C. The van der Waals surface area contributed by atoms with E-state index in [-0.39, 0.29) is 5.97 Å². The van der Waals surface area contributed by atoms with E-state index in [0.717, 1.165) is 6.04 Å². The van der Waals surface area contributed by atoms with E-state index < -0.39 is 8.07 Å². The molecule has 4 heteroatoms. The number of rotatable bonds is 5. The van der Waals surface area contributed by atoms with Gasteiger partial charge in [0.1, 0.15) is 0 Å². The first-order valence-electron chi connectivity index (χ1n) is 4.28. The second-order valence-corrected chi connectivity index (χ2v) is 9.56. The highest BCUT2D eigenvalue weighted by molar-refractivity contribution is 6.76. The van der Waals surface area contributed by atoms with E-state index in [2.05, 4.69) is 24.5 Å². The minimum atomic E-state index is -1.06. The zero-order valence-corrected chi connectivity index (χ0v) is 9.35. The van der Waals surface area contributed by atoms with Gasteiger partial charge in [-0.1, -0.05) is 26.6 Å². The number of carbonyl (C=O) groups is 1. The van der Waals surface area contributed by atoms with Crippen LogP contribution in [0.5, 0.6) is 0 Å². The minimum Gasteiger partial charge on any atom is -0.298 e. The average molecular weight is 190 g/mol. The van der Waals surface area contributed by atoms with Gasteiger partial charge >= 0.3 is 5.97 Å². The van der Waals surface area contributed by atoms with Gasteiger partial charge < -0.3 is 0 Å². The van der Waals surface area contributed by atoms with E-state index >= 15 is 0 Å². The third kappa shape index (κ3) is 7.75. The zero-order chi connectivity index (χ0) is 9.61. The fourth-order valence-electron chi connectivity index (χ4n) is 0.514. The topological polar surface area (TPSA) is 35.5 Å². The minimum absolute atomic E-state index is 0.300. The van der Waals surface area contributed by atoms with Crippen LogP contribution in [0, 0.1) is 0 Å². The van der Waals surface area contributed by atoms with Crippen molar-refractivity contribution in [3.63, 3.8) is 0 Å². The van der Waals surface area contributed by atoms with Crippen LogP contribution in [0.4, 0.5) is 0 Å². The van der Waals surface area contributed by atoms with Crippen molar-refractivity contribution in [2.75, 3.05) is 6.61 Å². The highest BCUT2D eigenvalue weighted by Crippen LogP contribution is 2.07. The van der Waals surface area contributed by atoms with Gasteiger partial charge in [-0.3, -0.25) is 4.89 Å². The maximum Gasteiger partial charge on any atom is 0.342 e. The second kappa shape index (κ2) is 5.32. The van der Waals surface area contributed by atoms with Gasteiger partial charge in [0.05, 0.1) is 6.61 Å². The summed E-state index contributed by atoms with van der Waals surface area (Å²) in [5, 5.41) is 0. The van der Waals surface area contributed by atoms with Crippen molar-refractivity contribution >= 4 is 14.0 Å². The third-order valence-electron chi connectivity index (χ3n) is 1.38. The predicted octanol–water partition coefficient (Wildman–Crippen LogP) is 2.21. The molecule has 0 bridgehead atoms. The van der Waals surface area contributed by atoms with Crippen LogP contribution in [0.15, 0.2) is 0 Å². The molecule has 0 saturated carbocycles. The monoisotopic (exact) mass is 190 g/mol. The fraction of sp³-hybridized carbons (Fsp3) is 0.875. The van der Waals surface area contributed by atoms with Crippen LogP contribution < -0.4 is 0 Å². The molecule has 0 atom stereocenters. The highest BCUT2D eigenvalue weighted by Gasteiger charge is 2.12. The summed E-state index contributed by atoms with van der Waals surface area (Å²) < 4.78 is 0. The summed E-state index contributed by atoms with van der Waals surface area (Å²) in [7, 11) is -1.06. The van der Waals surface area contributed by atoms with Gasteiger partial charge in [0.25, 0.3) is 0 Å². The van der Waals surface area contributed by atoms with Crippen LogP contribution in [-0.2, 0) is 14.6 Å². The molecule has 0 fully saturated rings. The molecule has 72 valence electrons. The molecule has 0 radical (unpaired) electrons. The Morgan fingerprint density at radius 2 is 1.92 bits per heavy atom. The van der Waals surface area contributed by atoms with E-state index in [1.165, 1.54) is 0 Å². The Morgan fingerprint density at radius 1 is 1.33 bits per heavy atom. The van der Waals surface area contributed by atoms with Gasteiger partial charge in [0, 0.05) is 14.5 Å². The Kier molecular flexibility index (Phi) is 5.16.